The highest BCUT2D eigenvalue weighted by molar-refractivity contribution is 7.14. The summed E-state index contributed by atoms with van der Waals surface area (Å²) in [5.41, 5.74) is 3.26. The lowest BCUT2D eigenvalue weighted by atomic mass is 10.0. The van der Waals surface area contributed by atoms with Crippen molar-refractivity contribution >= 4 is 17.3 Å². The average molecular weight is 435 g/mol. The second kappa shape index (κ2) is 12.2. The van der Waals surface area contributed by atoms with Crippen molar-refractivity contribution in [3.05, 3.63) is 65.7 Å². The number of aromatic nitrogens is 2. The minimum Gasteiger partial charge on any atom is -0.423 e. The number of esters is 1. The second-order valence-corrected chi connectivity index (χ2v) is 8.60. The smallest absolute Gasteiger partial charge is 0.335 e. The molecule has 0 N–H and O–H groups in total. The summed E-state index contributed by atoms with van der Waals surface area (Å²) in [6.45, 7) is 4.03. The molecule has 5 heteroatoms. The Balaban J connectivity index is 1.55. The number of hydrogen-bond acceptors (Lipinski definition) is 5. The first-order chi connectivity index (χ1) is 15.2. The molecule has 3 aromatic rings. The van der Waals surface area contributed by atoms with Crippen LogP contribution >= 0.6 is 11.3 Å². The van der Waals surface area contributed by atoms with Gasteiger partial charge in [0.15, 0.2) is 0 Å². The summed E-state index contributed by atoms with van der Waals surface area (Å²) >= 11 is 1.69. The van der Waals surface area contributed by atoms with Gasteiger partial charge in [-0.2, -0.15) is 0 Å². The number of carbonyl (C=O) groups excluding carboxylic acids is 1. The number of rotatable bonds is 11. The van der Waals surface area contributed by atoms with E-state index < -0.39 is 0 Å². The maximum Gasteiger partial charge on any atom is 0.335 e. The Morgan fingerprint density at radius 1 is 0.871 bits per heavy atom. The van der Waals surface area contributed by atoms with Gasteiger partial charge in [-0.05, 0) is 36.6 Å². The Kier molecular flexibility index (Phi) is 8.98. The van der Waals surface area contributed by atoms with Crippen LogP contribution in [-0.4, -0.2) is 16.2 Å². The van der Waals surface area contributed by atoms with E-state index in [1.807, 2.05) is 24.3 Å². The molecule has 4 nitrogen and oxygen atoms in total. The highest BCUT2D eigenvalue weighted by atomic mass is 32.1. The van der Waals surface area contributed by atoms with Gasteiger partial charge in [0.05, 0.1) is 0 Å². The van der Waals surface area contributed by atoms with Gasteiger partial charge >= 0.3 is 5.97 Å². The number of ether oxygens (including phenoxy) is 1. The molecule has 0 saturated carbocycles. The molecule has 0 unspecified atom stereocenters. The maximum absolute atomic E-state index is 11.5. The van der Waals surface area contributed by atoms with Gasteiger partial charge in [0.1, 0.15) is 15.8 Å². The Morgan fingerprint density at radius 2 is 1.48 bits per heavy atom. The third-order valence-corrected chi connectivity index (χ3v) is 6.08. The first kappa shape index (κ1) is 22.9. The zero-order valence-electron chi connectivity index (χ0n) is 18.3. The van der Waals surface area contributed by atoms with Crippen LogP contribution in [0.3, 0.4) is 0 Å². The number of unbranched alkanes of at least 4 members (excludes halogenated alkanes) is 5. The second-order valence-electron chi connectivity index (χ2n) is 7.54. The van der Waals surface area contributed by atoms with E-state index in [1.54, 1.807) is 24.3 Å². The number of benzene rings is 2. The van der Waals surface area contributed by atoms with Crippen molar-refractivity contribution in [1.82, 2.24) is 10.2 Å². The molecule has 0 fully saturated rings. The number of carbonyl (C=O) groups is 1. The largest absolute Gasteiger partial charge is 0.423 e. The number of aryl methyl sites for hydroxylation is 1. The van der Waals surface area contributed by atoms with Crippen LogP contribution in [-0.2, 0) is 11.2 Å². The van der Waals surface area contributed by atoms with Crippen LogP contribution in [0.25, 0.3) is 21.7 Å². The fraction of sp³-hybridized carbons (Fsp3) is 0.346. The van der Waals surface area contributed by atoms with Gasteiger partial charge in [0.25, 0.3) is 0 Å². The summed E-state index contributed by atoms with van der Waals surface area (Å²) in [4.78, 5) is 11.5. The molecule has 0 radical (unpaired) electrons. The summed E-state index contributed by atoms with van der Waals surface area (Å²) in [5, 5.41) is 10.9. The van der Waals surface area contributed by atoms with Crippen LogP contribution in [0.15, 0.2) is 60.7 Å². The third-order valence-electron chi connectivity index (χ3n) is 5.05. The van der Waals surface area contributed by atoms with Crippen molar-refractivity contribution in [3.63, 3.8) is 0 Å². The predicted molar refractivity (Wildman–Crippen MR) is 128 cm³/mol. The number of allylic oxidation sites excluding steroid dienone is 1. The Morgan fingerprint density at radius 3 is 2.16 bits per heavy atom. The van der Waals surface area contributed by atoms with Crippen molar-refractivity contribution in [2.75, 3.05) is 0 Å². The van der Waals surface area contributed by atoms with Gasteiger partial charge in [0, 0.05) is 18.1 Å². The van der Waals surface area contributed by atoms with Gasteiger partial charge in [0.2, 0.25) is 0 Å². The molecular formula is C26H30N2O2S. The van der Waals surface area contributed by atoms with E-state index in [9.17, 15) is 4.79 Å². The molecule has 0 amide bonds. The Hall–Kier alpha value is -2.79. The van der Waals surface area contributed by atoms with Crippen molar-refractivity contribution < 1.29 is 9.53 Å². The Labute approximate surface area is 189 Å². The Bertz CT molecular complexity index is 975. The van der Waals surface area contributed by atoms with Crippen molar-refractivity contribution in [2.45, 2.75) is 58.8 Å². The molecule has 3 rings (SSSR count). The standard InChI is InChI=1S/C26H30N2O2S/c1-3-5-6-7-8-9-11-24-27-28-26(31-24)22-14-12-20(13-15-22)21-16-18-23(19-17-21)30-25(29)10-4-2/h4,10,12-19H,3,5-9,11H2,1-2H3. The molecule has 0 spiro atoms. The van der Waals surface area contributed by atoms with Gasteiger partial charge in [-0.3, -0.25) is 0 Å². The molecule has 31 heavy (non-hydrogen) atoms. The SMILES string of the molecule is CC=CC(=O)Oc1ccc(-c2ccc(-c3nnc(CCCCCCCC)s3)cc2)cc1. The summed E-state index contributed by atoms with van der Waals surface area (Å²) < 4.78 is 5.24. The molecular weight excluding hydrogens is 404 g/mol. The fourth-order valence-corrected chi connectivity index (χ4v) is 4.22. The van der Waals surface area contributed by atoms with Crippen LogP contribution in [0.1, 0.15) is 57.4 Å². The summed E-state index contributed by atoms with van der Waals surface area (Å²) in [5.74, 6) is 0.169. The zero-order chi connectivity index (χ0) is 21.9. The molecule has 0 aliphatic carbocycles. The van der Waals surface area contributed by atoms with Gasteiger partial charge < -0.3 is 4.74 Å². The van der Waals surface area contributed by atoms with Gasteiger partial charge in [-0.15, -0.1) is 10.2 Å². The normalized spacial score (nSPS) is 11.2. The lowest BCUT2D eigenvalue weighted by Gasteiger charge is -2.05. The highest BCUT2D eigenvalue weighted by Crippen LogP contribution is 2.28. The molecule has 2 aromatic carbocycles. The molecule has 0 atom stereocenters. The quantitative estimate of drug-likeness (QED) is 0.138. The van der Waals surface area contributed by atoms with Crippen molar-refractivity contribution in [3.8, 4) is 27.4 Å². The highest BCUT2D eigenvalue weighted by Gasteiger charge is 2.08. The number of nitrogens with zero attached hydrogens (tertiary/aromatic N) is 2. The first-order valence-corrected chi connectivity index (χ1v) is 11.9. The monoisotopic (exact) mass is 434 g/mol. The average Bonchev–Trinajstić information content (AvgIpc) is 3.26. The predicted octanol–water partition coefficient (Wildman–Crippen LogP) is 7.26. The van der Waals surface area contributed by atoms with E-state index in [4.69, 9.17) is 4.74 Å². The fourth-order valence-electron chi connectivity index (χ4n) is 3.33. The van der Waals surface area contributed by atoms with E-state index >= 15 is 0 Å². The number of hydrogen-bond donors (Lipinski definition) is 0. The van der Waals surface area contributed by atoms with Crippen molar-refractivity contribution in [1.29, 1.82) is 0 Å². The summed E-state index contributed by atoms with van der Waals surface area (Å²) in [6.07, 6.45) is 11.8. The van der Waals surface area contributed by atoms with E-state index in [-0.39, 0.29) is 5.97 Å². The molecule has 0 aliphatic rings. The molecule has 0 aliphatic heterocycles. The molecule has 0 saturated heterocycles. The van der Waals surface area contributed by atoms with E-state index in [0.717, 1.165) is 33.1 Å². The molecule has 1 aromatic heterocycles. The topological polar surface area (TPSA) is 52.1 Å². The minimum atomic E-state index is -0.368. The van der Waals surface area contributed by atoms with Crippen molar-refractivity contribution in [2.24, 2.45) is 0 Å². The van der Waals surface area contributed by atoms with E-state index in [0.29, 0.717) is 5.75 Å². The van der Waals surface area contributed by atoms with E-state index in [1.165, 1.54) is 44.6 Å². The van der Waals surface area contributed by atoms with Crippen LogP contribution in [0.5, 0.6) is 5.75 Å². The molecule has 162 valence electrons. The van der Waals surface area contributed by atoms with Crippen LogP contribution in [0, 0.1) is 0 Å². The minimum absolute atomic E-state index is 0.368. The zero-order valence-corrected chi connectivity index (χ0v) is 19.2. The molecule has 1 heterocycles. The van der Waals surface area contributed by atoms with Crippen LogP contribution < -0.4 is 4.74 Å². The first-order valence-electron chi connectivity index (χ1n) is 11.1. The van der Waals surface area contributed by atoms with Gasteiger partial charge in [-0.1, -0.05) is 92.8 Å². The third kappa shape index (κ3) is 7.14. The van der Waals surface area contributed by atoms with Crippen LogP contribution in [0.2, 0.25) is 0 Å². The summed E-state index contributed by atoms with van der Waals surface area (Å²) in [7, 11) is 0. The lowest BCUT2D eigenvalue weighted by molar-refractivity contribution is -0.129. The molecule has 0 bridgehead atoms. The summed E-state index contributed by atoms with van der Waals surface area (Å²) in [6, 6.07) is 15.9. The maximum atomic E-state index is 11.5. The van der Waals surface area contributed by atoms with Gasteiger partial charge in [-0.25, -0.2) is 4.79 Å². The van der Waals surface area contributed by atoms with Crippen LogP contribution in [0.4, 0.5) is 0 Å². The van der Waals surface area contributed by atoms with E-state index in [2.05, 4.69) is 41.4 Å². The lowest BCUT2D eigenvalue weighted by Crippen LogP contribution is -2.03.